The van der Waals surface area contributed by atoms with E-state index in [0.717, 1.165) is 0 Å². The molecule has 0 saturated heterocycles. The average molecular weight is 198 g/mol. The molecule has 0 bridgehead atoms. The molecule has 5 heteroatoms. The lowest BCUT2D eigenvalue weighted by Crippen LogP contribution is -2.17. The van der Waals surface area contributed by atoms with E-state index < -0.39 is 24.6 Å². The van der Waals surface area contributed by atoms with E-state index >= 15 is 0 Å². The van der Waals surface area contributed by atoms with Crippen molar-refractivity contribution in [3.63, 3.8) is 0 Å². The maximum atomic E-state index is 12.4. The fourth-order valence-corrected chi connectivity index (χ4v) is 0.761. The Labute approximate surface area is 75.3 Å². The van der Waals surface area contributed by atoms with E-state index in [2.05, 4.69) is 0 Å². The standard InChI is InChI=1S/C8H13F3O2/c1-3-12-7(13-4-2)5-6(9)8(10)11/h7H,3-5H2,1-2H3. The van der Waals surface area contributed by atoms with Crippen molar-refractivity contribution in [1.29, 1.82) is 0 Å². The topological polar surface area (TPSA) is 18.5 Å². The monoisotopic (exact) mass is 198 g/mol. The minimum atomic E-state index is -2.32. The molecule has 0 heterocycles. The number of ether oxygens (including phenoxy) is 2. The van der Waals surface area contributed by atoms with Gasteiger partial charge in [-0.25, -0.2) is 4.39 Å². The van der Waals surface area contributed by atoms with E-state index in [1.54, 1.807) is 13.8 Å². The highest BCUT2D eigenvalue weighted by atomic mass is 19.3. The van der Waals surface area contributed by atoms with E-state index in [9.17, 15) is 13.2 Å². The Morgan fingerprint density at radius 3 is 1.85 bits per heavy atom. The summed E-state index contributed by atoms with van der Waals surface area (Å²) in [7, 11) is 0. The van der Waals surface area contributed by atoms with Gasteiger partial charge in [-0.1, -0.05) is 0 Å². The number of rotatable bonds is 6. The number of halogens is 3. The molecular formula is C8H13F3O2. The van der Waals surface area contributed by atoms with Gasteiger partial charge in [0.15, 0.2) is 12.1 Å². The average Bonchev–Trinajstić information content (AvgIpc) is 2.05. The van der Waals surface area contributed by atoms with Gasteiger partial charge in [0.2, 0.25) is 0 Å². The first kappa shape index (κ1) is 12.4. The minimum absolute atomic E-state index is 0.297. The Kier molecular flexibility index (Phi) is 6.62. The Bertz CT molecular complexity index is 161. The lowest BCUT2D eigenvalue weighted by molar-refractivity contribution is -0.137. The molecule has 0 aromatic carbocycles. The van der Waals surface area contributed by atoms with Crippen molar-refractivity contribution in [2.24, 2.45) is 0 Å². The van der Waals surface area contributed by atoms with Crippen LogP contribution in [0.2, 0.25) is 0 Å². The lowest BCUT2D eigenvalue weighted by atomic mass is 10.4. The van der Waals surface area contributed by atoms with E-state index in [1.165, 1.54) is 0 Å². The molecule has 0 saturated carbocycles. The summed E-state index contributed by atoms with van der Waals surface area (Å²) < 4.78 is 45.5. The molecule has 0 aliphatic heterocycles. The van der Waals surface area contributed by atoms with Gasteiger partial charge < -0.3 is 9.47 Å². The molecule has 0 aliphatic rings. The predicted octanol–water partition coefficient (Wildman–Crippen LogP) is 2.85. The molecule has 0 spiro atoms. The molecule has 78 valence electrons. The third kappa shape index (κ3) is 5.65. The third-order valence-corrected chi connectivity index (χ3v) is 1.26. The molecule has 2 nitrogen and oxygen atoms in total. The molecule has 0 unspecified atom stereocenters. The molecule has 0 aliphatic carbocycles. The van der Waals surface area contributed by atoms with Gasteiger partial charge in [0.25, 0.3) is 0 Å². The van der Waals surface area contributed by atoms with E-state index in [-0.39, 0.29) is 0 Å². The van der Waals surface area contributed by atoms with Crippen LogP contribution in [0.5, 0.6) is 0 Å². The molecule has 13 heavy (non-hydrogen) atoms. The first-order chi connectivity index (χ1) is 6.11. The largest absolute Gasteiger partial charge is 0.353 e. The first-order valence-electron chi connectivity index (χ1n) is 4.04. The van der Waals surface area contributed by atoms with E-state index in [0.29, 0.717) is 13.2 Å². The van der Waals surface area contributed by atoms with Crippen LogP contribution in [0.15, 0.2) is 11.9 Å². The smallest absolute Gasteiger partial charge is 0.301 e. The van der Waals surface area contributed by atoms with Gasteiger partial charge in [-0.2, -0.15) is 8.78 Å². The number of hydrogen-bond acceptors (Lipinski definition) is 2. The predicted molar refractivity (Wildman–Crippen MR) is 42.0 cm³/mol. The normalized spacial score (nSPS) is 10.6. The zero-order valence-electron chi connectivity index (χ0n) is 7.65. The molecule has 0 rings (SSSR count). The third-order valence-electron chi connectivity index (χ3n) is 1.26. The minimum Gasteiger partial charge on any atom is -0.353 e. The summed E-state index contributed by atoms with van der Waals surface area (Å²) in [6.45, 7) is 3.95. The van der Waals surface area contributed by atoms with Gasteiger partial charge in [-0.15, -0.1) is 0 Å². The highest BCUT2D eigenvalue weighted by Crippen LogP contribution is 2.17. The van der Waals surface area contributed by atoms with E-state index in [4.69, 9.17) is 9.47 Å². The summed E-state index contributed by atoms with van der Waals surface area (Å²) in [5.74, 6) is -1.48. The van der Waals surface area contributed by atoms with Gasteiger partial charge in [0.05, 0.1) is 6.42 Å². The Morgan fingerprint density at radius 2 is 1.54 bits per heavy atom. The molecular weight excluding hydrogens is 185 g/mol. The van der Waals surface area contributed by atoms with Crippen LogP contribution in [0, 0.1) is 0 Å². The molecule has 0 atom stereocenters. The summed E-state index contributed by atoms with van der Waals surface area (Å²) in [4.78, 5) is 0. The summed E-state index contributed by atoms with van der Waals surface area (Å²) in [6, 6.07) is 0. The Morgan fingerprint density at radius 1 is 1.08 bits per heavy atom. The lowest BCUT2D eigenvalue weighted by Gasteiger charge is -2.15. The van der Waals surface area contributed by atoms with Crippen molar-refractivity contribution in [1.82, 2.24) is 0 Å². The van der Waals surface area contributed by atoms with Crippen molar-refractivity contribution < 1.29 is 22.6 Å². The second-order valence-corrected chi connectivity index (χ2v) is 2.21. The number of hydrogen-bond donors (Lipinski definition) is 0. The zero-order chi connectivity index (χ0) is 10.3. The van der Waals surface area contributed by atoms with Crippen LogP contribution < -0.4 is 0 Å². The van der Waals surface area contributed by atoms with Gasteiger partial charge in [0, 0.05) is 13.2 Å². The van der Waals surface area contributed by atoms with Crippen molar-refractivity contribution in [2.45, 2.75) is 26.6 Å². The zero-order valence-corrected chi connectivity index (χ0v) is 7.65. The fraction of sp³-hybridized carbons (Fsp3) is 0.750. The van der Waals surface area contributed by atoms with Crippen molar-refractivity contribution >= 4 is 0 Å². The maximum Gasteiger partial charge on any atom is 0.301 e. The Balaban J connectivity index is 4.01. The maximum absolute atomic E-state index is 12.4. The van der Waals surface area contributed by atoms with Gasteiger partial charge in [0.1, 0.15) is 0 Å². The van der Waals surface area contributed by atoms with Crippen LogP contribution in [-0.2, 0) is 9.47 Å². The molecule has 0 amide bonds. The second-order valence-electron chi connectivity index (χ2n) is 2.21. The van der Waals surface area contributed by atoms with Gasteiger partial charge in [-0.05, 0) is 13.8 Å². The SMILES string of the molecule is CCOC(CC(F)=C(F)F)OCC. The Hall–Kier alpha value is -0.550. The molecule has 0 radical (unpaired) electrons. The van der Waals surface area contributed by atoms with Crippen LogP contribution in [-0.4, -0.2) is 19.5 Å². The summed E-state index contributed by atoms with van der Waals surface area (Å²) in [5, 5.41) is 0. The van der Waals surface area contributed by atoms with Gasteiger partial charge >= 0.3 is 6.08 Å². The molecule has 0 fully saturated rings. The summed E-state index contributed by atoms with van der Waals surface area (Å²) in [5.41, 5.74) is 0. The van der Waals surface area contributed by atoms with Crippen LogP contribution >= 0.6 is 0 Å². The van der Waals surface area contributed by atoms with Crippen molar-refractivity contribution in [3.05, 3.63) is 11.9 Å². The van der Waals surface area contributed by atoms with Crippen LogP contribution in [0.4, 0.5) is 13.2 Å². The van der Waals surface area contributed by atoms with Crippen LogP contribution in [0.25, 0.3) is 0 Å². The molecule has 0 aromatic heterocycles. The van der Waals surface area contributed by atoms with Crippen LogP contribution in [0.1, 0.15) is 20.3 Å². The first-order valence-corrected chi connectivity index (χ1v) is 4.04. The summed E-state index contributed by atoms with van der Waals surface area (Å²) in [6.07, 6.45) is -3.77. The molecule has 0 aromatic rings. The molecule has 0 N–H and O–H groups in total. The van der Waals surface area contributed by atoms with E-state index in [1.807, 2.05) is 0 Å². The van der Waals surface area contributed by atoms with Crippen LogP contribution in [0.3, 0.4) is 0 Å². The highest BCUT2D eigenvalue weighted by molar-refractivity contribution is 4.92. The highest BCUT2D eigenvalue weighted by Gasteiger charge is 2.14. The summed E-state index contributed by atoms with van der Waals surface area (Å²) >= 11 is 0. The fourth-order valence-electron chi connectivity index (χ4n) is 0.761. The quantitative estimate of drug-likeness (QED) is 0.611. The van der Waals surface area contributed by atoms with Crippen molar-refractivity contribution in [2.75, 3.05) is 13.2 Å². The van der Waals surface area contributed by atoms with Crippen molar-refractivity contribution in [3.8, 4) is 0 Å². The second kappa shape index (κ2) is 6.91. The van der Waals surface area contributed by atoms with Gasteiger partial charge in [-0.3, -0.25) is 0 Å².